The second-order valence-corrected chi connectivity index (χ2v) is 6.78. The lowest BCUT2D eigenvalue weighted by Crippen LogP contribution is -2.51. The number of nitrogens with one attached hydrogen (secondary N) is 1. The van der Waals surface area contributed by atoms with Crippen molar-refractivity contribution in [1.82, 2.24) is 5.32 Å². The standard InChI is InChI=1S/C20H16F3NO2S/c21-20(22,23)19(26,17-4-2-1-3-5-17)13-24-18(25)15-8-6-14(7-9-15)16-10-11-27-12-16/h1-12,26H,13H2,(H,24,25). The lowest BCUT2D eigenvalue weighted by Gasteiger charge is -2.31. The molecule has 7 heteroatoms. The smallest absolute Gasteiger partial charge is 0.375 e. The van der Waals surface area contributed by atoms with Crippen LogP contribution in [0.3, 0.4) is 0 Å². The molecule has 3 nitrogen and oxygen atoms in total. The van der Waals surface area contributed by atoms with E-state index in [0.717, 1.165) is 11.1 Å². The van der Waals surface area contributed by atoms with Gasteiger partial charge in [0.1, 0.15) is 0 Å². The van der Waals surface area contributed by atoms with Gasteiger partial charge in [-0.15, -0.1) is 0 Å². The lowest BCUT2D eigenvalue weighted by atomic mass is 9.93. The molecule has 3 rings (SSSR count). The summed E-state index contributed by atoms with van der Waals surface area (Å²) in [5.74, 6) is -0.689. The Morgan fingerprint density at radius 2 is 1.63 bits per heavy atom. The van der Waals surface area contributed by atoms with E-state index in [2.05, 4.69) is 5.32 Å². The van der Waals surface area contributed by atoms with Crippen LogP contribution in [0.5, 0.6) is 0 Å². The Labute approximate surface area is 158 Å². The van der Waals surface area contributed by atoms with E-state index < -0.39 is 24.2 Å². The summed E-state index contributed by atoms with van der Waals surface area (Å²) in [6.45, 7) is -0.981. The number of thiophene rings is 1. The summed E-state index contributed by atoms with van der Waals surface area (Å²) in [7, 11) is 0. The first kappa shape index (κ1) is 19.1. The van der Waals surface area contributed by atoms with E-state index in [4.69, 9.17) is 0 Å². The number of carbonyl (C=O) groups excluding carboxylic acids is 1. The highest BCUT2D eigenvalue weighted by Gasteiger charge is 2.55. The second kappa shape index (κ2) is 7.54. The zero-order chi connectivity index (χ0) is 19.5. The van der Waals surface area contributed by atoms with Crippen molar-refractivity contribution in [3.8, 4) is 11.1 Å². The first-order valence-electron chi connectivity index (χ1n) is 8.07. The van der Waals surface area contributed by atoms with Crippen molar-refractivity contribution in [3.05, 3.63) is 82.6 Å². The minimum Gasteiger partial charge on any atom is -0.375 e. The minimum absolute atomic E-state index is 0.214. The molecule has 1 atom stereocenters. The van der Waals surface area contributed by atoms with Crippen LogP contribution in [0.25, 0.3) is 11.1 Å². The fraction of sp³-hybridized carbons (Fsp3) is 0.150. The van der Waals surface area contributed by atoms with Gasteiger partial charge in [-0.2, -0.15) is 24.5 Å². The topological polar surface area (TPSA) is 49.3 Å². The molecule has 2 N–H and O–H groups in total. The van der Waals surface area contributed by atoms with Gasteiger partial charge in [0.2, 0.25) is 5.60 Å². The Balaban J connectivity index is 1.75. The van der Waals surface area contributed by atoms with Crippen molar-refractivity contribution in [3.63, 3.8) is 0 Å². The Bertz CT molecular complexity index is 893. The van der Waals surface area contributed by atoms with Gasteiger partial charge in [0.15, 0.2) is 0 Å². The number of benzene rings is 2. The predicted molar refractivity (Wildman–Crippen MR) is 98.5 cm³/mol. The average Bonchev–Trinajstić information content (AvgIpc) is 3.20. The molecule has 1 unspecified atom stereocenters. The van der Waals surface area contributed by atoms with Gasteiger partial charge in [-0.1, -0.05) is 42.5 Å². The van der Waals surface area contributed by atoms with Crippen molar-refractivity contribution in [1.29, 1.82) is 0 Å². The number of carbonyl (C=O) groups is 1. The number of rotatable bonds is 5. The van der Waals surface area contributed by atoms with Crippen molar-refractivity contribution >= 4 is 17.2 Å². The average molecular weight is 391 g/mol. The van der Waals surface area contributed by atoms with E-state index in [1.807, 2.05) is 16.8 Å². The molecule has 140 valence electrons. The maximum atomic E-state index is 13.5. The van der Waals surface area contributed by atoms with Gasteiger partial charge in [0.05, 0.1) is 6.54 Å². The summed E-state index contributed by atoms with van der Waals surface area (Å²) in [6.07, 6.45) is -4.94. The van der Waals surface area contributed by atoms with Gasteiger partial charge in [0.25, 0.3) is 5.91 Å². The molecule has 0 aliphatic rings. The normalized spacial score (nSPS) is 13.8. The van der Waals surface area contributed by atoms with Crippen LogP contribution in [0.1, 0.15) is 15.9 Å². The fourth-order valence-corrected chi connectivity index (χ4v) is 3.30. The summed E-state index contributed by atoms with van der Waals surface area (Å²) in [6, 6.07) is 15.2. The monoisotopic (exact) mass is 391 g/mol. The molecule has 0 spiro atoms. The van der Waals surface area contributed by atoms with E-state index in [0.29, 0.717) is 0 Å². The maximum absolute atomic E-state index is 13.5. The van der Waals surface area contributed by atoms with Crippen molar-refractivity contribution in [2.45, 2.75) is 11.8 Å². The van der Waals surface area contributed by atoms with E-state index in [1.54, 1.807) is 29.5 Å². The number of hydrogen-bond donors (Lipinski definition) is 2. The summed E-state index contributed by atoms with van der Waals surface area (Å²) < 4.78 is 40.4. The molecule has 0 aliphatic carbocycles. The van der Waals surface area contributed by atoms with Crippen LogP contribution in [0.2, 0.25) is 0 Å². The molecule has 0 saturated carbocycles. The van der Waals surface area contributed by atoms with Crippen LogP contribution >= 0.6 is 11.3 Å². The Morgan fingerprint density at radius 3 is 2.19 bits per heavy atom. The Morgan fingerprint density at radius 1 is 0.963 bits per heavy atom. The summed E-state index contributed by atoms with van der Waals surface area (Å²) in [5, 5.41) is 16.3. The number of halogens is 3. The van der Waals surface area contributed by atoms with Crippen LogP contribution in [0.15, 0.2) is 71.4 Å². The van der Waals surface area contributed by atoms with E-state index >= 15 is 0 Å². The molecule has 0 aliphatic heterocycles. The molecule has 0 saturated heterocycles. The fourth-order valence-electron chi connectivity index (χ4n) is 2.63. The van der Waals surface area contributed by atoms with Gasteiger partial charge in [-0.3, -0.25) is 4.79 Å². The Kier molecular flexibility index (Phi) is 5.34. The molecule has 0 fully saturated rings. The maximum Gasteiger partial charge on any atom is 0.423 e. The summed E-state index contributed by atoms with van der Waals surface area (Å²) in [5.41, 5.74) is -1.37. The van der Waals surface area contributed by atoms with Crippen LogP contribution in [-0.2, 0) is 5.60 Å². The lowest BCUT2D eigenvalue weighted by molar-refractivity contribution is -0.263. The quantitative estimate of drug-likeness (QED) is 0.668. The van der Waals surface area contributed by atoms with Gasteiger partial charge in [0, 0.05) is 5.56 Å². The van der Waals surface area contributed by atoms with E-state index in [1.165, 1.54) is 36.4 Å². The first-order valence-corrected chi connectivity index (χ1v) is 9.01. The second-order valence-electron chi connectivity index (χ2n) is 6.00. The van der Waals surface area contributed by atoms with E-state index in [-0.39, 0.29) is 11.1 Å². The molecular weight excluding hydrogens is 375 g/mol. The SMILES string of the molecule is O=C(NCC(O)(c1ccccc1)C(F)(F)F)c1ccc(-c2ccsc2)cc1. The molecule has 1 amide bonds. The highest BCUT2D eigenvalue weighted by Crippen LogP contribution is 2.38. The van der Waals surface area contributed by atoms with Crippen molar-refractivity contribution < 1.29 is 23.1 Å². The molecule has 0 bridgehead atoms. The summed E-state index contributed by atoms with van der Waals surface area (Å²) >= 11 is 1.54. The first-order chi connectivity index (χ1) is 12.8. The number of alkyl halides is 3. The molecule has 1 aromatic heterocycles. The zero-order valence-electron chi connectivity index (χ0n) is 14.0. The van der Waals surface area contributed by atoms with Crippen LogP contribution in [0.4, 0.5) is 13.2 Å². The number of aliphatic hydroxyl groups is 1. The van der Waals surface area contributed by atoms with Gasteiger partial charge in [-0.05, 0) is 45.6 Å². The van der Waals surface area contributed by atoms with Crippen molar-refractivity contribution in [2.75, 3.05) is 6.54 Å². The highest BCUT2D eigenvalue weighted by atomic mass is 32.1. The third kappa shape index (κ3) is 4.04. The molecule has 1 heterocycles. The highest BCUT2D eigenvalue weighted by molar-refractivity contribution is 7.08. The third-order valence-corrected chi connectivity index (χ3v) is 4.91. The van der Waals surface area contributed by atoms with Crippen molar-refractivity contribution in [2.24, 2.45) is 0 Å². The van der Waals surface area contributed by atoms with Gasteiger partial charge >= 0.3 is 6.18 Å². The zero-order valence-corrected chi connectivity index (χ0v) is 14.8. The molecule has 0 radical (unpaired) electrons. The molecule has 27 heavy (non-hydrogen) atoms. The van der Waals surface area contributed by atoms with E-state index in [9.17, 15) is 23.1 Å². The van der Waals surface area contributed by atoms with Crippen LogP contribution in [-0.4, -0.2) is 23.7 Å². The summed E-state index contributed by atoms with van der Waals surface area (Å²) in [4.78, 5) is 12.3. The predicted octanol–water partition coefficient (Wildman–Crippen LogP) is 4.60. The van der Waals surface area contributed by atoms with Crippen LogP contribution < -0.4 is 5.32 Å². The number of hydrogen-bond acceptors (Lipinski definition) is 3. The van der Waals surface area contributed by atoms with Gasteiger partial charge in [-0.25, -0.2) is 0 Å². The minimum atomic E-state index is -4.94. The molecular formula is C20H16F3NO2S. The third-order valence-electron chi connectivity index (χ3n) is 4.23. The van der Waals surface area contributed by atoms with Crippen LogP contribution in [0, 0.1) is 0 Å². The molecule has 2 aromatic carbocycles. The Hall–Kier alpha value is -2.64. The number of amides is 1. The largest absolute Gasteiger partial charge is 0.423 e. The molecule has 3 aromatic rings. The van der Waals surface area contributed by atoms with Gasteiger partial charge < -0.3 is 10.4 Å².